The van der Waals surface area contributed by atoms with Gasteiger partial charge in [-0.25, -0.2) is 0 Å². The molecule has 0 spiro atoms. The van der Waals surface area contributed by atoms with Gasteiger partial charge >= 0.3 is 0 Å². The highest BCUT2D eigenvalue weighted by atomic mass is 16.4. The minimum atomic E-state index is -1.22. The van der Waals surface area contributed by atoms with E-state index < -0.39 is 17.8 Å². The second-order valence-corrected chi connectivity index (χ2v) is 5.40. The number of aliphatic hydroxyl groups excluding tert-OH is 2. The van der Waals surface area contributed by atoms with Crippen LogP contribution in [0.2, 0.25) is 0 Å². The second-order valence-electron chi connectivity index (χ2n) is 5.40. The molecule has 0 aliphatic heterocycles. The topological polar surface area (TPSA) is 60.7 Å². The molecule has 0 saturated heterocycles. The molecule has 0 saturated carbocycles. The minimum absolute atomic E-state index is 0.0112. The minimum Gasteiger partial charge on any atom is -0.391 e. The summed E-state index contributed by atoms with van der Waals surface area (Å²) in [5.41, 5.74) is -1.22. The van der Waals surface area contributed by atoms with Gasteiger partial charge in [0.15, 0.2) is 0 Å². The molecular weight excluding hydrogens is 204 g/mol. The van der Waals surface area contributed by atoms with Crippen LogP contribution in [-0.2, 0) is 0 Å². The van der Waals surface area contributed by atoms with Gasteiger partial charge in [-0.05, 0) is 32.1 Å². The van der Waals surface area contributed by atoms with Gasteiger partial charge in [-0.3, -0.25) is 0 Å². The Labute approximate surface area is 99.5 Å². The van der Waals surface area contributed by atoms with Crippen LogP contribution in [0.3, 0.4) is 0 Å². The van der Waals surface area contributed by atoms with Crippen molar-refractivity contribution in [1.82, 2.24) is 0 Å². The van der Waals surface area contributed by atoms with Gasteiger partial charge in [-0.15, -0.1) is 0 Å². The standard InChI is InChI=1S/C13H28O3/c1-6-7-8-11(9(2)3)13(5,16)12(15)10(4)14/h9-12,14-16H,6-8H2,1-5H3. The molecule has 0 heterocycles. The average molecular weight is 232 g/mol. The smallest absolute Gasteiger partial charge is 0.108 e. The molecule has 4 unspecified atom stereocenters. The maximum atomic E-state index is 10.4. The fraction of sp³-hybridized carbons (Fsp3) is 1.00. The lowest BCUT2D eigenvalue weighted by molar-refractivity contribution is -0.150. The van der Waals surface area contributed by atoms with Crippen molar-refractivity contribution in [2.45, 2.75) is 71.7 Å². The maximum Gasteiger partial charge on any atom is 0.108 e. The van der Waals surface area contributed by atoms with Gasteiger partial charge in [-0.2, -0.15) is 0 Å². The van der Waals surface area contributed by atoms with Crippen LogP contribution in [0.4, 0.5) is 0 Å². The first-order valence-corrected chi connectivity index (χ1v) is 6.33. The van der Waals surface area contributed by atoms with Crippen molar-refractivity contribution in [2.75, 3.05) is 0 Å². The highest BCUT2D eigenvalue weighted by molar-refractivity contribution is 4.92. The molecule has 3 N–H and O–H groups in total. The van der Waals surface area contributed by atoms with Gasteiger partial charge in [0.1, 0.15) is 6.10 Å². The number of hydrogen-bond acceptors (Lipinski definition) is 3. The third-order valence-electron chi connectivity index (χ3n) is 3.48. The van der Waals surface area contributed by atoms with Gasteiger partial charge in [0.05, 0.1) is 11.7 Å². The first-order chi connectivity index (χ1) is 7.25. The van der Waals surface area contributed by atoms with E-state index in [0.717, 1.165) is 19.3 Å². The van der Waals surface area contributed by atoms with Crippen molar-refractivity contribution < 1.29 is 15.3 Å². The lowest BCUT2D eigenvalue weighted by Gasteiger charge is -2.40. The summed E-state index contributed by atoms with van der Waals surface area (Å²) in [7, 11) is 0. The third-order valence-corrected chi connectivity index (χ3v) is 3.48. The van der Waals surface area contributed by atoms with E-state index in [2.05, 4.69) is 6.92 Å². The molecule has 0 fully saturated rings. The van der Waals surface area contributed by atoms with Crippen LogP contribution in [0.5, 0.6) is 0 Å². The largest absolute Gasteiger partial charge is 0.391 e. The number of unbranched alkanes of at least 4 members (excludes halogenated alkanes) is 1. The molecule has 0 aliphatic carbocycles. The van der Waals surface area contributed by atoms with E-state index in [1.807, 2.05) is 13.8 Å². The molecule has 16 heavy (non-hydrogen) atoms. The van der Waals surface area contributed by atoms with Crippen molar-refractivity contribution in [1.29, 1.82) is 0 Å². The Bertz CT molecular complexity index is 188. The van der Waals surface area contributed by atoms with Gasteiger partial charge in [0.2, 0.25) is 0 Å². The molecule has 0 aromatic rings. The fourth-order valence-corrected chi connectivity index (χ4v) is 2.43. The molecule has 3 nitrogen and oxygen atoms in total. The lowest BCUT2D eigenvalue weighted by Crippen LogP contribution is -2.52. The lowest BCUT2D eigenvalue weighted by atomic mass is 9.73. The van der Waals surface area contributed by atoms with Gasteiger partial charge in [0.25, 0.3) is 0 Å². The Balaban J connectivity index is 4.73. The van der Waals surface area contributed by atoms with Crippen molar-refractivity contribution in [3.05, 3.63) is 0 Å². The second kappa shape index (κ2) is 6.58. The summed E-state index contributed by atoms with van der Waals surface area (Å²) < 4.78 is 0. The summed E-state index contributed by atoms with van der Waals surface area (Å²) in [5, 5.41) is 29.7. The zero-order valence-corrected chi connectivity index (χ0v) is 11.3. The maximum absolute atomic E-state index is 10.4. The third kappa shape index (κ3) is 4.04. The van der Waals surface area contributed by atoms with E-state index in [9.17, 15) is 15.3 Å². The van der Waals surface area contributed by atoms with Crippen LogP contribution in [0.25, 0.3) is 0 Å². The van der Waals surface area contributed by atoms with Gasteiger partial charge in [-0.1, -0.05) is 33.6 Å². The Morgan fingerprint density at radius 3 is 1.94 bits per heavy atom. The monoisotopic (exact) mass is 232 g/mol. The van der Waals surface area contributed by atoms with Gasteiger partial charge in [0, 0.05) is 0 Å². The predicted molar refractivity (Wildman–Crippen MR) is 66.2 cm³/mol. The Morgan fingerprint density at radius 2 is 1.62 bits per heavy atom. The molecule has 4 atom stereocenters. The average Bonchev–Trinajstić information content (AvgIpc) is 2.16. The van der Waals surface area contributed by atoms with E-state index in [-0.39, 0.29) is 11.8 Å². The van der Waals surface area contributed by atoms with E-state index in [1.54, 1.807) is 6.92 Å². The van der Waals surface area contributed by atoms with Crippen LogP contribution >= 0.6 is 0 Å². The van der Waals surface area contributed by atoms with E-state index in [4.69, 9.17) is 0 Å². The summed E-state index contributed by atoms with van der Waals surface area (Å²) in [6.07, 6.45) is 0.996. The van der Waals surface area contributed by atoms with Crippen molar-refractivity contribution in [2.24, 2.45) is 11.8 Å². The van der Waals surface area contributed by atoms with Gasteiger partial charge < -0.3 is 15.3 Å². The molecule has 0 bridgehead atoms. The van der Waals surface area contributed by atoms with Crippen LogP contribution in [-0.4, -0.2) is 33.1 Å². The van der Waals surface area contributed by atoms with Crippen molar-refractivity contribution >= 4 is 0 Å². The predicted octanol–water partition coefficient (Wildman–Crippen LogP) is 1.94. The molecule has 0 aromatic carbocycles. The first-order valence-electron chi connectivity index (χ1n) is 6.33. The normalized spacial score (nSPS) is 21.6. The van der Waals surface area contributed by atoms with Crippen LogP contribution < -0.4 is 0 Å². The quantitative estimate of drug-likeness (QED) is 0.628. The van der Waals surface area contributed by atoms with E-state index in [0.29, 0.717) is 0 Å². The fourth-order valence-electron chi connectivity index (χ4n) is 2.43. The Kier molecular flexibility index (Phi) is 6.53. The Morgan fingerprint density at radius 1 is 1.12 bits per heavy atom. The summed E-state index contributed by atoms with van der Waals surface area (Å²) >= 11 is 0. The summed E-state index contributed by atoms with van der Waals surface area (Å²) in [6.45, 7) is 9.34. The van der Waals surface area contributed by atoms with E-state index >= 15 is 0 Å². The molecule has 0 radical (unpaired) electrons. The molecule has 3 heteroatoms. The van der Waals surface area contributed by atoms with Crippen LogP contribution in [0, 0.1) is 11.8 Å². The molecule has 98 valence electrons. The van der Waals surface area contributed by atoms with Crippen molar-refractivity contribution in [3.63, 3.8) is 0 Å². The van der Waals surface area contributed by atoms with Crippen LogP contribution in [0.15, 0.2) is 0 Å². The molecule has 0 amide bonds. The van der Waals surface area contributed by atoms with E-state index in [1.165, 1.54) is 6.92 Å². The highest BCUT2D eigenvalue weighted by Crippen LogP contribution is 2.33. The van der Waals surface area contributed by atoms with Crippen molar-refractivity contribution in [3.8, 4) is 0 Å². The molecule has 0 aromatic heterocycles. The van der Waals surface area contributed by atoms with Crippen LogP contribution in [0.1, 0.15) is 53.9 Å². The zero-order valence-electron chi connectivity index (χ0n) is 11.3. The SMILES string of the molecule is CCCCC(C(C)C)C(C)(O)C(O)C(C)O. The highest BCUT2D eigenvalue weighted by Gasteiger charge is 2.41. The molecule has 0 rings (SSSR count). The number of hydrogen-bond donors (Lipinski definition) is 3. The molecule has 0 aliphatic rings. The zero-order chi connectivity index (χ0) is 12.9. The summed E-state index contributed by atoms with van der Waals surface area (Å²) in [4.78, 5) is 0. The molecular formula is C13H28O3. The summed E-state index contributed by atoms with van der Waals surface area (Å²) in [6, 6.07) is 0. The summed E-state index contributed by atoms with van der Waals surface area (Å²) in [5.74, 6) is 0.298. The number of aliphatic hydroxyl groups is 3. The first kappa shape index (κ1) is 15.9. The Hall–Kier alpha value is -0.120. The number of rotatable bonds is 7.